The minimum Gasteiger partial charge on any atom is -0.460 e. The monoisotopic (exact) mass is 1440 g/mol. The number of nitrogens with one attached hydrogen (secondary N) is 4. The second-order valence-corrected chi connectivity index (χ2v) is 24.6. The Balaban J connectivity index is -0.000000350. The van der Waals surface area contributed by atoms with Crippen molar-refractivity contribution in [3.05, 3.63) is 34.9 Å². The van der Waals surface area contributed by atoms with E-state index in [0.717, 1.165) is 36.3 Å². The van der Waals surface area contributed by atoms with E-state index < -0.39 is 12.2 Å². The van der Waals surface area contributed by atoms with Crippen molar-refractivity contribution in [2.45, 2.75) is 288 Å². The molecule has 25 nitrogen and oxygen atoms in total. The summed E-state index contributed by atoms with van der Waals surface area (Å²) in [6.07, 6.45) is 23.9. The van der Waals surface area contributed by atoms with Crippen LogP contribution in [0.15, 0.2) is 24.3 Å². The zero-order valence-corrected chi connectivity index (χ0v) is 58.6. The molecule has 6 N–H and O–H groups in total. The highest BCUT2D eigenvalue weighted by atomic mass is 35.5. The first kappa shape index (κ1) is 101. The van der Waals surface area contributed by atoms with E-state index in [1.165, 1.54) is 109 Å². The molecule has 7 amide bonds. The van der Waals surface area contributed by atoms with E-state index in [-0.39, 0.29) is 149 Å². The molecular formula is C71H131ClN7O18P. The molecule has 0 aliphatic carbocycles. The Morgan fingerprint density at radius 1 is 0.429 bits per heavy atom. The predicted octanol–water partition coefficient (Wildman–Crippen LogP) is 9.30. The van der Waals surface area contributed by atoms with Crippen molar-refractivity contribution in [2.75, 3.05) is 67.0 Å². The summed E-state index contributed by atoms with van der Waals surface area (Å²) in [5, 5.41) is 28.6. The molecule has 7 aliphatic rings. The van der Waals surface area contributed by atoms with Gasteiger partial charge in [0, 0.05) is 72.5 Å². The zero-order valence-electron chi connectivity index (χ0n) is 56.5. The number of β-amino-alcohol motifs (C(OH)–C–C–N with tert-alkyl or cyclic N) is 2. The van der Waals surface area contributed by atoms with Crippen molar-refractivity contribution in [3.8, 4) is 0 Å². The number of aliphatic hydroxyl groups is 2. The summed E-state index contributed by atoms with van der Waals surface area (Å²) in [7, 11) is 5.14. The first-order valence-corrected chi connectivity index (χ1v) is 33.5. The number of amides is 7. The number of hydrogen-bond acceptors (Lipinski definition) is 18. The lowest BCUT2D eigenvalue weighted by molar-refractivity contribution is -0.149. The third-order valence-corrected chi connectivity index (χ3v) is 15.6. The fourth-order valence-electron chi connectivity index (χ4n) is 10.2. The van der Waals surface area contributed by atoms with E-state index in [4.69, 9.17) is 45.5 Å². The molecule has 1 aromatic carbocycles. The Kier molecular flexibility index (Phi) is 61.4. The quantitative estimate of drug-likeness (QED) is 0.0207. The average molecular weight is 1440 g/mol. The summed E-state index contributed by atoms with van der Waals surface area (Å²) in [5.74, 6) is -0.870. The van der Waals surface area contributed by atoms with Gasteiger partial charge in [-0.1, -0.05) is 177 Å². The highest BCUT2D eigenvalue weighted by Crippen LogP contribution is 2.18. The molecule has 8 rings (SSSR count). The van der Waals surface area contributed by atoms with Crippen LogP contribution in [0.3, 0.4) is 0 Å². The van der Waals surface area contributed by atoms with Gasteiger partial charge in [0.1, 0.15) is 24.4 Å². The Morgan fingerprint density at radius 2 is 0.755 bits per heavy atom. The van der Waals surface area contributed by atoms with Gasteiger partial charge >= 0.3 is 23.9 Å². The molecule has 7 heterocycles. The van der Waals surface area contributed by atoms with Crippen molar-refractivity contribution in [1.82, 2.24) is 36.0 Å². The number of carbonyl (C=O) groups excluding carboxylic acids is 11. The van der Waals surface area contributed by atoms with Crippen LogP contribution in [0, 0.1) is 0 Å². The van der Waals surface area contributed by atoms with Gasteiger partial charge in [0.25, 0.3) is 0 Å². The number of unbranched alkanes of at least 4 members (excludes halogenated alkanes) is 16. The maximum atomic E-state index is 11.7. The Bertz CT molecular complexity index is 2410. The summed E-state index contributed by atoms with van der Waals surface area (Å²) >= 11 is 5.76. The molecule has 0 saturated carbocycles. The standard InChI is InChI=1S/C17H31NO3.C16H29NO3.C11H12ClNO2.C7H11NO3.C6H9NO3.C5H9NO2.C4H7NO2.5CH4.H3P/c1-3-4-5-6-7-8-9-10-11-12-17(20)21-15-13-16(19)18(2)14-15;1-2-3-4-5-6-7-8-9-10-11-16(19)20-14-12-15(18)17-13-14;12-9-3-1-8(2-4-9)7-15-10-5-11(14)13-6-10;1-5(9)11-6-3-7(10)8(2)4-6;1-4(8)10-5-2-6(9)7-3-5;1-6-3-4(7)2-5(6)8;6-3-1-4(7)5-2-3;;;;;;/h15H,3-14H2,1-2H3;14H,2-13H2,1H3,(H,17,18);1-4,10H,5-7H2,(H,13,14);6H,3-4H2,1-2H3;5H,2-3H2,1H3,(H,7,9);4,7H,2-3H2,1H3;3,6H,1-2H2,(H,5,7);5*1H4;1H3/t15-;14-;10-;6-;5-;4-;3-;;;;;;/m0000000....../s1. The number of nitrogens with zero attached hydrogens (tertiary/aromatic N) is 3. The number of rotatable bonds is 27. The van der Waals surface area contributed by atoms with E-state index in [0.29, 0.717) is 104 Å². The lowest BCUT2D eigenvalue weighted by Crippen LogP contribution is -2.23. The average Bonchev–Trinajstić information content (AvgIpc) is 1.74. The van der Waals surface area contributed by atoms with Crippen LogP contribution in [0.1, 0.15) is 244 Å². The van der Waals surface area contributed by atoms with Crippen LogP contribution in [0.5, 0.6) is 0 Å². The number of benzene rings is 1. The third-order valence-electron chi connectivity index (χ3n) is 15.3. The van der Waals surface area contributed by atoms with Crippen LogP contribution in [-0.2, 0) is 83.0 Å². The third kappa shape index (κ3) is 50.3. The number of ether oxygens (including phenoxy) is 5. The molecule has 98 heavy (non-hydrogen) atoms. The van der Waals surface area contributed by atoms with Crippen LogP contribution in [0.4, 0.5) is 0 Å². The van der Waals surface area contributed by atoms with Gasteiger partial charge < -0.3 is 69.9 Å². The van der Waals surface area contributed by atoms with Crippen molar-refractivity contribution < 1.29 is 86.6 Å². The van der Waals surface area contributed by atoms with Gasteiger partial charge in [-0.2, -0.15) is 9.90 Å². The highest BCUT2D eigenvalue weighted by molar-refractivity contribution is 6.92. The number of hydrogen-bond donors (Lipinski definition) is 6. The summed E-state index contributed by atoms with van der Waals surface area (Å²) in [6, 6.07) is 7.51. The first-order valence-electron chi connectivity index (χ1n) is 33.1. The molecular weight excluding hydrogens is 1310 g/mol. The molecule has 0 spiro atoms. The van der Waals surface area contributed by atoms with Gasteiger partial charge in [0.2, 0.25) is 41.4 Å². The van der Waals surface area contributed by atoms with Gasteiger partial charge in [-0.05, 0) is 30.5 Å². The normalized spacial score (nSPS) is 20.4. The second kappa shape index (κ2) is 59.8. The minimum absolute atomic E-state index is 0. The fourth-order valence-corrected chi connectivity index (χ4v) is 10.3. The zero-order chi connectivity index (χ0) is 68.2. The lowest BCUT2D eigenvalue weighted by Gasteiger charge is -2.11. The number of likely N-dealkylation sites (N-methyl/N-ethyl adjacent to an activating group) is 3. The maximum Gasteiger partial charge on any atom is 0.306 e. The largest absolute Gasteiger partial charge is 0.460 e. The molecule has 570 valence electrons. The smallest absolute Gasteiger partial charge is 0.306 e. The van der Waals surface area contributed by atoms with E-state index in [9.17, 15) is 52.7 Å². The Morgan fingerprint density at radius 3 is 1.05 bits per heavy atom. The number of halogens is 1. The van der Waals surface area contributed by atoms with Crippen molar-refractivity contribution in [3.63, 3.8) is 0 Å². The van der Waals surface area contributed by atoms with Gasteiger partial charge in [0.05, 0.1) is 96.0 Å². The molecule has 0 radical (unpaired) electrons. The van der Waals surface area contributed by atoms with Crippen LogP contribution in [-0.4, -0.2) is 200 Å². The van der Waals surface area contributed by atoms with Crippen LogP contribution < -0.4 is 21.3 Å². The predicted molar refractivity (Wildman–Crippen MR) is 389 cm³/mol. The molecule has 27 heteroatoms. The molecule has 7 aliphatic heterocycles. The summed E-state index contributed by atoms with van der Waals surface area (Å²) in [5.41, 5.74) is 1.07. The molecule has 7 saturated heterocycles. The molecule has 8 atom stereocenters. The second-order valence-electron chi connectivity index (χ2n) is 24.2. The van der Waals surface area contributed by atoms with E-state index in [1.807, 2.05) is 24.3 Å². The van der Waals surface area contributed by atoms with Crippen molar-refractivity contribution in [2.24, 2.45) is 0 Å². The number of carbonyl (C=O) groups is 11. The van der Waals surface area contributed by atoms with Crippen LogP contribution in [0.2, 0.25) is 5.02 Å². The van der Waals surface area contributed by atoms with Gasteiger partial charge in [-0.3, -0.25) is 52.7 Å². The maximum absolute atomic E-state index is 11.7. The number of likely N-dealkylation sites (tertiary alicyclic amines) is 3. The van der Waals surface area contributed by atoms with Crippen molar-refractivity contribution in [1.29, 1.82) is 0 Å². The van der Waals surface area contributed by atoms with Crippen molar-refractivity contribution >= 4 is 86.7 Å². The SMILES string of the molecule is C.C.C.C.C.CC(=O)O[C@@H]1CNC(=O)C1.CC(=O)O[C@H]1CC(=O)N(C)C1.CCCCCCCCCCCC(=O)O[C@@H]1CNC(=O)C1.CCCCCCCCCCCC(=O)O[C@H]1CC(=O)N(C)C1.CN1C[C@@H](O)CC1=O.O=C1C[C@H](O)CN1.O=C1C[C@H](OCc2ccc(Cl)cc2)CN1.P. The Labute approximate surface area is 596 Å². The Hall–Kier alpha value is -6.01. The van der Waals surface area contributed by atoms with E-state index in [2.05, 4.69) is 35.1 Å². The van der Waals surface area contributed by atoms with Gasteiger partial charge in [0.15, 0.2) is 0 Å². The van der Waals surface area contributed by atoms with Gasteiger partial charge in [-0.25, -0.2) is 0 Å². The number of aliphatic hydroxyl groups excluding tert-OH is 2. The van der Waals surface area contributed by atoms with E-state index in [1.54, 1.807) is 30.9 Å². The summed E-state index contributed by atoms with van der Waals surface area (Å²) in [4.78, 5) is 124. The minimum atomic E-state index is -0.438. The van der Waals surface area contributed by atoms with Crippen LogP contribution in [0.25, 0.3) is 0 Å². The summed E-state index contributed by atoms with van der Waals surface area (Å²) in [6.45, 7) is 11.2. The number of esters is 4. The highest BCUT2D eigenvalue weighted by Gasteiger charge is 2.31. The molecule has 1 aromatic rings. The molecule has 7 fully saturated rings. The first-order chi connectivity index (χ1) is 43.8. The molecule has 0 bridgehead atoms. The topological polar surface area (TPSA) is 332 Å². The molecule has 0 aromatic heterocycles. The van der Waals surface area contributed by atoms with Crippen LogP contribution >= 0.6 is 21.5 Å². The summed E-state index contributed by atoms with van der Waals surface area (Å²) < 4.78 is 25.7. The fraction of sp³-hybridized carbons (Fsp3) is 0.761. The van der Waals surface area contributed by atoms with Gasteiger partial charge in [-0.15, -0.1) is 0 Å². The molecule has 1 unspecified atom stereocenters. The van der Waals surface area contributed by atoms with E-state index >= 15 is 0 Å². The lowest BCUT2D eigenvalue weighted by atomic mass is 10.1.